The highest BCUT2D eigenvalue weighted by Gasteiger charge is 1.99. The van der Waals surface area contributed by atoms with Crippen molar-refractivity contribution in [3.63, 3.8) is 0 Å². The van der Waals surface area contributed by atoms with Crippen molar-refractivity contribution in [3.8, 4) is 6.07 Å². The average molecular weight is 191 g/mol. The Morgan fingerprint density at radius 2 is 2.29 bits per heavy atom. The van der Waals surface area contributed by atoms with Crippen LogP contribution in [0.3, 0.4) is 0 Å². The molecule has 2 nitrogen and oxygen atoms in total. The molecule has 0 aliphatic carbocycles. The van der Waals surface area contributed by atoms with E-state index < -0.39 is 0 Å². The van der Waals surface area contributed by atoms with Crippen molar-refractivity contribution < 1.29 is 9.50 Å². The van der Waals surface area contributed by atoms with E-state index in [0.717, 1.165) is 0 Å². The third-order valence-electron chi connectivity index (χ3n) is 1.75. The number of benzene rings is 1. The van der Waals surface area contributed by atoms with Crippen molar-refractivity contribution in [3.05, 3.63) is 41.2 Å². The van der Waals surface area contributed by atoms with Crippen LogP contribution in [-0.4, -0.2) is 5.11 Å². The van der Waals surface area contributed by atoms with E-state index in [1.807, 2.05) is 6.07 Å². The Morgan fingerprint density at radius 3 is 2.86 bits per heavy atom. The molecule has 0 amide bonds. The van der Waals surface area contributed by atoms with Crippen molar-refractivity contribution in [2.45, 2.75) is 13.0 Å². The second-order valence-electron chi connectivity index (χ2n) is 2.78. The van der Waals surface area contributed by atoms with Crippen LogP contribution < -0.4 is 0 Å². The molecule has 0 bridgehead atoms. The highest BCUT2D eigenvalue weighted by molar-refractivity contribution is 5.50. The number of aliphatic hydroxyl groups excluding tert-OH is 1. The minimum atomic E-state index is -0.384. The Bertz CT molecular complexity index is 379. The Morgan fingerprint density at radius 1 is 1.50 bits per heavy atom. The Labute approximate surface area is 81.9 Å². The lowest BCUT2D eigenvalue weighted by molar-refractivity contribution is 0.281. The number of nitriles is 1. The van der Waals surface area contributed by atoms with Crippen LogP contribution in [0.1, 0.15) is 17.5 Å². The molecule has 0 aliphatic heterocycles. The summed E-state index contributed by atoms with van der Waals surface area (Å²) in [5.74, 6) is -0.384. The quantitative estimate of drug-likeness (QED) is 0.796. The average Bonchev–Trinajstić information content (AvgIpc) is 2.20. The molecule has 1 aromatic carbocycles. The fourth-order valence-electron chi connectivity index (χ4n) is 1.04. The third kappa shape index (κ3) is 2.68. The van der Waals surface area contributed by atoms with E-state index in [2.05, 4.69) is 0 Å². The molecule has 0 atom stereocenters. The van der Waals surface area contributed by atoms with Crippen LogP contribution in [0.5, 0.6) is 0 Å². The molecule has 0 radical (unpaired) electrons. The van der Waals surface area contributed by atoms with E-state index in [-0.39, 0.29) is 18.8 Å². The number of allylic oxidation sites excluding steroid dienone is 1. The van der Waals surface area contributed by atoms with Gasteiger partial charge in [-0.25, -0.2) is 4.39 Å². The molecule has 0 unspecified atom stereocenters. The standard InChI is InChI=1S/C11H10FNO/c12-11-7-9(8-14)4-5-10(11)3-1-2-6-13/h1,3-5,7,14H,2,8H2. The number of aliphatic hydroxyl groups is 1. The van der Waals surface area contributed by atoms with Crippen molar-refractivity contribution in [1.29, 1.82) is 5.26 Å². The zero-order valence-corrected chi connectivity index (χ0v) is 7.57. The summed E-state index contributed by atoms with van der Waals surface area (Å²) >= 11 is 0. The maximum absolute atomic E-state index is 13.2. The van der Waals surface area contributed by atoms with E-state index in [9.17, 15) is 4.39 Å². The number of halogens is 1. The fraction of sp³-hybridized carbons (Fsp3) is 0.182. The lowest BCUT2D eigenvalue weighted by Gasteiger charge is -1.99. The SMILES string of the molecule is N#CCC=Cc1ccc(CO)cc1F. The van der Waals surface area contributed by atoms with Gasteiger partial charge in [-0.15, -0.1) is 0 Å². The van der Waals surface area contributed by atoms with Crippen LogP contribution in [0, 0.1) is 17.1 Å². The topological polar surface area (TPSA) is 44.0 Å². The van der Waals surface area contributed by atoms with E-state index >= 15 is 0 Å². The maximum Gasteiger partial charge on any atom is 0.130 e. The molecule has 0 fully saturated rings. The Balaban J connectivity index is 2.85. The zero-order chi connectivity index (χ0) is 10.4. The van der Waals surface area contributed by atoms with Gasteiger partial charge in [0.1, 0.15) is 5.82 Å². The van der Waals surface area contributed by atoms with E-state index in [0.29, 0.717) is 11.1 Å². The van der Waals surface area contributed by atoms with Crippen LogP contribution in [-0.2, 0) is 6.61 Å². The third-order valence-corrected chi connectivity index (χ3v) is 1.75. The summed E-state index contributed by atoms with van der Waals surface area (Å²) < 4.78 is 13.2. The first kappa shape index (κ1) is 10.4. The van der Waals surface area contributed by atoms with Crippen LogP contribution in [0.4, 0.5) is 4.39 Å². The molecule has 0 heterocycles. The van der Waals surface area contributed by atoms with E-state index in [1.165, 1.54) is 6.07 Å². The first-order valence-electron chi connectivity index (χ1n) is 4.20. The summed E-state index contributed by atoms with van der Waals surface area (Å²) in [5.41, 5.74) is 0.970. The summed E-state index contributed by atoms with van der Waals surface area (Å²) in [6.07, 6.45) is 3.41. The second kappa shape index (κ2) is 5.15. The molecule has 0 aliphatic rings. The molecule has 0 aromatic heterocycles. The highest BCUT2D eigenvalue weighted by Crippen LogP contribution is 2.12. The van der Waals surface area contributed by atoms with Crippen molar-refractivity contribution in [2.75, 3.05) is 0 Å². The summed E-state index contributed by atoms with van der Waals surface area (Å²) in [6, 6.07) is 6.44. The molecule has 1 rings (SSSR count). The smallest absolute Gasteiger partial charge is 0.130 e. The van der Waals surface area contributed by atoms with Crippen LogP contribution >= 0.6 is 0 Å². The summed E-state index contributed by atoms with van der Waals surface area (Å²) in [6.45, 7) is -0.168. The van der Waals surface area contributed by atoms with E-state index in [4.69, 9.17) is 10.4 Å². The van der Waals surface area contributed by atoms with Crippen molar-refractivity contribution >= 4 is 6.08 Å². The Hall–Kier alpha value is -1.66. The first-order valence-corrected chi connectivity index (χ1v) is 4.20. The molecule has 1 N–H and O–H groups in total. The lowest BCUT2D eigenvalue weighted by atomic mass is 10.1. The van der Waals surface area contributed by atoms with Gasteiger partial charge in [0.05, 0.1) is 19.1 Å². The number of hydrogen-bond donors (Lipinski definition) is 1. The summed E-state index contributed by atoms with van der Waals surface area (Å²) in [4.78, 5) is 0. The van der Waals surface area contributed by atoms with Gasteiger partial charge in [0.2, 0.25) is 0 Å². The van der Waals surface area contributed by atoms with Crippen LogP contribution in [0.25, 0.3) is 6.08 Å². The molecule has 0 spiro atoms. The highest BCUT2D eigenvalue weighted by atomic mass is 19.1. The summed E-state index contributed by atoms with van der Waals surface area (Å²) in [7, 11) is 0. The second-order valence-corrected chi connectivity index (χ2v) is 2.78. The minimum Gasteiger partial charge on any atom is -0.392 e. The minimum absolute atomic E-state index is 0.168. The molecule has 0 saturated heterocycles. The fourth-order valence-corrected chi connectivity index (χ4v) is 1.04. The normalized spacial score (nSPS) is 10.4. The largest absolute Gasteiger partial charge is 0.392 e. The predicted molar refractivity (Wildman–Crippen MR) is 51.6 cm³/mol. The zero-order valence-electron chi connectivity index (χ0n) is 7.57. The predicted octanol–water partition coefficient (Wildman–Crippen LogP) is 2.24. The molecular weight excluding hydrogens is 181 g/mol. The molecule has 0 saturated carbocycles. The monoisotopic (exact) mass is 191 g/mol. The van der Waals surface area contributed by atoms with Gasteiger partial charge in [0.15, 0.2) is 0 Å². The lowest BCUT2D eigenvalue weighted by Crippen LogP contribution is -1.87. The van der Waals surface area contributed by atoms with Gasteiger partial charge in [0.25, 0.3) is 0 Å². The Kier molecular flexibility index (Phi) is 3.84. The van der Waals surface area contributed by atoms with Crippen molar-refractivity contribution in [2.24, 2.45) is 0 Å². The van der Waals surface area contributed by atoms with E-state index in [1.54, 1.807) is 24.3 Å². The van der Waals surface area contributed by atoms with Gasteiger partial charge in [-0.3, -0.25) is 0 Å². The van der Waals surface area contributed by atoms with Gasteiger partial charge in [-0.1, -0.05) is 24.3 Å². The van der Waals surface area contributed by atoms with Gasteiger partial charge in [0, 0.05) is 5.56 Å². The number of hydrogen-bond acceptors (Lipinski definition) is 2. The van der Waals surface area contributed by atoms with Crippen LogP contribution in [0.15, 0.2) is 24.3 Å². The molecule has 14 heavy (non-hydrogen) atoms. The van der Waals surface area contributed by atoms with Gasteiger partial charge >= 0.3 is 0 Å². The number of rotatable bonds is 3. The molecule has 72 valence electrons. The summed E-state index contributed by atoms with van der Waals surface area (Å²) in [5, 5.41) is 17.0. The molecule has 3 heteroatoms. The van der Waals surface area contributed by atoms with Crippen LogP contribution in [0.2, 0.25) is 0 Å². The maximum atomic E-state index is 13.2. The van der Waals surface area contributed by atoms with Gasteiger partial charge < -0.3 is 5.11 Å². The van der Waals surface area contributed by atoms with Gasteiger partial charge in [-0.2, -0.15) is 5.26 Å². The molecule has 1 aromatic rings. The van der Waals surface area contributed by atoms with Crippen molar-refractivity contribution in [1.82, 2.24) is 0 Å². The molecular formula is C11H10FNO. The number of nitrogens with zero attached hydrogens (tertiary/aromatic N) is 1. The van der Waals surface area contributed by atoms with Gasteiger partial charge in [-0.05, 0) is 11.6 Å². The first-order chi connectivity index (χ1) is 6.77.